The average molecular weight is 411 g/mol. The first kappa shape index (κ1) is 20.5. The number of ether oxygens (including phenoxy) is 3. The van der Waals surface area contributed by atoms with Gasteiger partial charge in [0.1, 0.15) is 0 Å². The van der Waals surface area contributed by atoms with E-state index in [4.69, 9.17) is 19.2 Å². The van der Waals surface area contributed by atoms with Gasteiger partial charge in [0, 0.05) is 18.8 Å². The van der Waals surface area contributed by atoms with Crippen molar-refractivity contribution in [3.05, 3.63) is 48.2 Å². The fourth-order valence-corrected chi connectivity index (χ4v) is 3.94. The largest absolute Gasteiger partial charge is 0.490 e. The molecular formula is C23H30N4O3. The molecule has 0 aliphatic carbocycles. The van der Waals surface area contributed by atoms with Gasteiger partial charge in [-0.2, -0.15) is 0 Å². The van der Waals surface area contributed by atoms with Crippen LogP contribution in [-0.2, 0) is 11.3 Å². The number of nitrogens with one attached hydrogen (secondary N) is 2. The van der Waals surface area contributed by atoms with Gasteiger partial charge in [-0.1, -0.05) is 18.2 Å². The van der Waals surface area contributed by atoms with Crippen molar-refractivity contribution >= 4 is 5.96 Å². The number of benzene rings is 1. The first-order valence-electron chi connectivity index (χ1n) is 10.8. The van der Waals surface area contributed by atoms with E-state index < -0.39 is 0 Å². The number of hydrogen-bond donors (Lipinski definition) is 2. The molecule has 2 aliphatic rings. The molecule has 0 radical (unpaired) electrons. The number of rotatable bonds is 8. The predicted octanol–water partition coefficient (Wildman–Crippen LogP) is 3.65. The van der Waals surface area contributed by atoms with Gasteiger partial charge < -0.3 is 24.8 Å². The van der Waals surface area contributed by atoms with Crippen LogP contribution in [0.4, 0.5) is 0 Å². The quantitative estimate of drug-likeness (QED) is 0.511. The second-order valence-electron chi connectivity index (χ2n) is 7.54. The highest BCUT2D eigenvalue weighted by molar-refractivity contribution is 5.80. The Morgan fingerprint density at radius 3 is 2.70 bits per heavy atom. The molecule has 7 nitrogen and oxygen atoms in total. The van der Waals surface area contributed by atoms with E-state index >= 15 is 0 Å². The van der Waals surface area contributed by atoms with Crippen molar-refractivity contribution in [3.63, 3.8) is 0 Å². The molecule has 3 unspecified atom stereocenters. The lowest BCUT2D eigenvalue weighted by Gasteiger charge is -2.22. The molecule has 4 rings (SSSR count). The first-order valence-corrected chi connectivity index (χ1v) is 10.8. The van der Waals surface area contributed by atoms with Crippen molar-refractivity contribution in [2.45, 2.75) is 57.9 Å². The Labute approximate surface area is 177 Å². The van der Waals surface area contributed by atoms with Gasteiger partial charge in [0.25, 0.3) is 0 Å². The van der Waals surface area contributed by atoms with Crippen LogP contribution in [0.5, 0.6) is 17.4 Å². The zero-order valence-electron chi connectivity index (χ0n) is 17.6. The van der Waals surface area contributed by atoms with Crippen LogP contribution in [0.25, 0.3) is 0 Å². The smallest absolute Gasteiger partial charge is 0.219 e. The molecule has 0 saturated carbocycles. The summed E-state index contributed by atoms with van der Waals surface area (Å²) in [5.74, 6) is 2.72. The van der Waals surface area contributed by atoms with Crippen LogP contribution in [0.15, 0.2) is 47.6 Å². The minimum absolute atomic E-state index is 0.316. The second-order valence-corrected chi connectivity index (χ2v) is 7.54. The van der Waals surface area contributed by atoms with E-state index in [-0.39, 0.29) is 0 Å². The maximum absolute atomic E-state index is 5.93. The van der Waals surface area contributed by atoms with Crippen LogP contribution in [0.1, 0.15) is 38.7 Å². The van der Waals surface area contributed by atoms with Crippen molar-refractivity contribution in [2.24, 2.45) is 4.99 Å². The van der Waals surface area contributed by atoms with Gasteiger partial charge in [-0.3, -0.25) is 0 Å². The molecule has 1 aromatic carbocycles. The molecule has 0 amide bonds. The van der Waals surface area contributed by atoms with E-state index in [0.717, 1.165) is 30.9 Å². The summed E-state index contributed by atoms with van der Waals surface area (Å²) in [6.45, 7) is 5.96. The molecule has 2 fully saturated rings. The summed E-state index contributed by atoms with van der Waals surface area (Å²) in [7, 11) is 0. The lowest BCUT2D eigenvalue weighted by atomic mass is 9.96. The Balaban J connectivity index is 1.36. The summed E-state index contributed by atoms with van der Waals surface area (Å²) < 4.78 is 17.4. The van der Waals surface area contributed by atoms with Gasteiger partial charge in [-0.25, -0.2) is 9.98 Å². The average Bonchev–Trinajstić information content (AvgIpc) is 3.38. The highest BCUT2D eigenvalue weighted by Gasteiger charge is 2.41. The van der Waals surface area contributed by atoms with Gasteiger partial charge in [0.05, 0.1) is 31.4 Å². The molecule has 2 aromatic rings. The number of guanidine groups is 1. The molecule has 2 aliphatic heterocycles. The topological polar surface area (TPSA) is 77.0 Å². The lowest BCUT2D eigenvalue weighted by Crippen LogP contribution is -2.47. The normalized spacial score (nSPS) is 22.7. The van der Waals surface area contributed by atoms with Crippen LogP contribution in [-0.4, -0.2) is 42.3 Å². The Morgan fingerprint density at radius 2 is 2.03 bits per heavy atom. The van der Waals surface area contributed by atoms with Gasteiger partial charge in [0.2, 0.25) is 5.88 Å². The Kier molecular flexibility index (Phi) is 6.69. The first-order chi connectivity index (χ1) is 14.7. The van der Waals surface area contributed by atoms with Crippen molar-refractivity contribution < 1.29 is 14.2 Å². The van der Waals surface area contributed by atoms with Crippen LogP contribution >= 0.6 is 0 Å². The predicted molar refractivity (Wildman–Crippen MR) is 116 cm³/mol. The maximum Gasteiger partial charge on any atom is 0.219 e. The van der Waals surface area contributed by atoms with E-state index in [9.17, 15) is 0 Å². The highest BCUT2D eigenvalue weighted by Crippen LogP contribution is 2.34. The molecule has 1 aromatic heterocycles. The minimum atomic E-state index is 0.316. The molecule has 160 valence electrons. The van der Waals surface area contributed by atoms with Crippen molar-refractivity contribution in [2.75, 3.05) is 13.2 Å². The van der Waals surface area contributed by atoms with E-state index in [1.807, 2.05) is 43.3 Å². The lowest BCUT2D eigenvalue weighted by molar-refractivity contribution is 0.0992. The highest BCUT2D eigenvalue weighted by atomic mass is 16.5. The SMILES string of the molecule is CCNC(=NCc1ccc(Oc2ccccc2OCC)nc1)NC1CC2CCC1O2. The number of pyridine rings is 1. The molecule has 30 heavy (non-hydrogen) atoms. The monoisotopic (exact) mass is 410 g/mol. The molecule has 0 spiro atoms. The molecule has 2 saturated heterocycles. The number of fused-ring (bicyclic) bond motifs is 2. The fourth-order valence-electron chi connectivity index (χ4n) is 3.94. The van der Waals surface area contributed by atoms with Gasteiger partial charge in [-0.05, 0) is 50.8 Å². The molecule has 3 atom stereocenters. The standard InChI is InChI=1S/C23H30N4O3/c1-3-24-23(27-18-13-17-10-11-19(18)29-17)26-15-16-9-12-22(25-14-16)30-21-8-6-5-7-20(21)28-4-2/h5-9,12,14,17-19H,3-4,10-11,13,15H2,1-2H3,(H2,24,26,27). The molecule has 7 heteroatoms. The molecule has 2 N–H and O–H groups in total. The number of aliphatic imine (C=N–C) groups is 1. The Bertz CT molecular complexity index is 856. The van der Waals surface area contributed by atoms with Crippen LogP contribution in [0, 0.1) is 0 Å². The van der Waals surface area contributed by atoms with Crippen molar-refractivity contribution in [1.29, 1.82) is 0 Å². The third-order valence-corrected chi connectivity index (χ3v) is 5.35. The summed E-state index contributed by atoms with van der Waals surface area (Å²) in [6, 6.07) is 11.8. The maximum atomic E-state index is 5.93. The van der Waals surface area contributed by atoms with Gasteiger partial charge >= 0.3 is 0 Å². The molecular weight excluding hydrogens is 380 g/mol. The van der Waals surface area contributed by atoms with E-state index in [1.54, 1.807) is 6.20 Å². The summed E-state index contributed by atoms with van der Waals surface area (Å²) in [5, 5.41) is 6.86. The molecule has 2 bridgehead atoms. The zero-order chi connectivity index (χ0) is 20.8. The number of para-hydroxylation sites is 2. The fraction of sp³-hybridized carbons (Fsp3) is 0.478. The molecule has 3 heterocycles. The number of aromatic nitrogens is 1. The third kappa shape index (κ3) is 5.02. The minimum Gasteiger partial charge on any atom is -0.490 e. The van der Waals surface area contributed by atoms with Crippen molar-refractivity contribution in [3.8, 4) is 17.4 Å². The summed E-state index contributed by atoms with van der Waals surface area (Å²) in [6.07, 6.45) is 5.92. The van der Waals surface area contributed by atoms with Gasteiger partial charge in [0.15, 0.2) is 17.5 Å². The zero-order valence-corrected chi connectivity index (χ0v) is 17.6. The van der Waals surface area contributed by atoms with Crippen LogP contribution in [0.3, 0.4) is 0 Å². The Morgan fingerprint density at radius 1 is 1.17 bits per heavy atom. The van der Waals surface area contributed by atoms with Crippen LogP contribution in [0.2, 0.25) is 0 Å². The Hall–Kier alpha value is -2.80. The van der Waals surface area contributed by atoms with E-state index in [1.165, 1.54) is 6.42 Å². The summed E-state index contributed by atoms with van der Waals surface area (Å²) in [5.41, 5.74) is 1.02. The van der Waals surface area contributed by atoms with E-state index in [0.29, 0.717) is 48.8 Å². The summed E-state index contributed by atoms with van der Waals surface area (Å²) >= 11 is 0. The van der Waals surface area contributed by atoms with Gasteiger partial charge in [-0.15, -0.1) is 0 Å². The second kappa shape index (κ2) is 9.80. The summed E-state index contributed by atoms with van der Waals surface area (Å²) in [4.78, 5) is 9.15. The van der Waals surface area contributed by atoms with Crippen LogP contribution < -0.4 is 20.1 Å². The van der Waals surface area contributed by atoms with Crippen molar-refractivity contribution in [1.82, 2.24) is 15.6 Å². The number of hydrogen-bond acceptors (Lipinski definition) is 5. The third-order valence-electron chi connectivity index (χ3n) is 5.35. The number of nitrogens with zero attached hydrogens (tertiary/aromatic N) is 2. The van der Waals surface area contributed by atoms with E-state index in [2.05, 4.69) is 22.5 Å².